The van der Waals surface area contributed by atoms with Gasteiger partial charge in [-0.25, -0.2) is 0 Å². The Balaban J connectivity index is 1.89. The average molecular weight is 306 g/mol. The van der Waals surface area contributed by atoms with Gasteiger partial charge < -0.3 is 5.11 Å². The molecule has 112 valence electrons. The molecule has 2 aromatic rings. The van der Waals surface area contributed by atoms with Crippen LogP contribution in [0.1, 0.15) is 18.4 Å². The first-order valence-electron chi connectivity index (χ1n) is 7.30. The summed E-state index contributed by atoms with van der Waals surface area (Å²) in [6.07, 6.45) is 4.28. The fourth-order valence-electron chi connectivity index (χ4n) is 3.06. The van der Waals surface area contributed by atoms with Crippen LogP contribution in [0.2, 0.25) is 5.02 Å². The molecule has 1 fully saturated rings. The predicted molar refractivity (Wildman–Crippen MR) is 84.2 cm³/mol. The number of hydrogen-bond acceptors (Lipinski definition) is 3. The molecular weight excluding hydrogens is 286 g/mol. The molecule has 0 saturated carbocycles. The molecule has 1 aliphatic rings. The number of likely N-dealkylation sites (tertiary alicyclic amines) is 1. The smallest absolute Gasteiger partial charge is 0.0968 e. The molecular formula is C16H20ClN3O. The van der Waals surface area contributed by atoms with E-state index < -0.39 is 0 Å². The van der Waals surface area contributed by atoms with Crippen molar-refractivity contribution < 1.29 is 5.11 Å². The van der Waals surface area contributed by atoms with Crippen LogP contribution in [0.3, 0.4) is 0 Å². The molecule has 1 N–H and O–H groups in total. The third-order valence-corrected chi connectivity index (χ3v) is 4.32. The first-order valence-corrected chi connectivity index (χ1v) is 7.68. The summed E-state index contributed by atoms with van der Waals surface area (Å²) in [6.45, 7) is 2.09. The lowest BCUT2D eigenvalue weighted by Crippen LogP contribution is -2.31. The van der Waals surface area contributed by atoms with Crippen LogP contribution in [0, 0.1) is 0 Å². The molecule has 0 radical (unpaired) electrons. The monoisotopic (exact) mass is 305 g/mol. The van der Waals surface area contributed by atoms with Gasteiger partial charge in [-0.2, -0.15) is 5.10 Å². The second kappa shape index (κ2) is 6.18. The van der Waals surface area contributed by atoms with Crippen LogP contribution in [0.4, 0.5) is 0 Å². The Kier molecular flexibility index (Phi) is 4.29. The average Bonchev–Trinajstić information content (AvgIpc) is 3.05. The summed E-state index contributed by atoms with van der Waals surface area (Å²) in [7, 11) is 1.94. The highest BCUT2D eigenvalue weighted by Crippen LogP contribution is 2.27. The van der Waals surface area contributed by atoms with Gasteiger partial charge in [0, 0.05) is 42.0 Å². The zero-order valence-corrected chi connectivity index (χ0v) is 12.9. The highest BCUT2D eigenvalue weighted by atomic mass is 35.5. The molecule has 2 heterocycles. The molecule has 0 unspecified atom stereocenters. The van der Waals surface area contributed by atoms with Crippen molar-refractivity contribution in [3.8, 4) is 11.3 Å². The van der Waals surface area contributed by atoms with Crippen molar-refractivity contribution in [3.63, 3.8) is 0 Å². The lowest BCUT2D eigenvalue weighted by Gasteiger charge is -2.22. The van der Waals surface area contributed by atoms with Gasteiger partial charge in [0.15, 0.2) is 0 Å². The maximum atomic E-state index is 9.46. The molecule has 0 aliphatic carbocycles. The number of benzene rings is 1. The summed E-state index contributed by atoms with van der Waals surface area (Å²) in [5.74, 6) is 0. The van der Waals surface area contributed by atoms with Crippen molar-refractivity contribution in [2.24, 2.45) is 7.05 Å². The Morgan fingerprint density at radius 2 is 2.29 bits per heavy atom. The van der Waals surface area contributed by atoms with Crippen LogP contribution < -0.4 is 0 Å². The summed E-state index contributed by atoms with van der Waals surface area (Å²) in [6, 6.07) is 8.07. The van der Waals surface area contributed by atoms with Gasteiger partial charge in [-0.15, -0.1) is 0 Å². The van der Waals surface area contributed by atoms with E-state index in [1.807, 2.05) is 36.0 Å². The zero-order valence-electron chi connectivity index (χ0n) is 12.2. The molecule has 3 rings (SSSR count). The van der Waals surface area contributed by atoms with E-state index in [0.29, 0.717) is 0 Å². The maximum Gasteiger partial charge on any atom is 0.0968 e. The number of aryl methyl sites for hydroxylation is 1. The van der Waals surface area contributed by atoms with Crippen LogP contribution in [-0.4, -0.2) is 39.0 Å². The normalized spacial score (nSPS) is 19.3. The van der Waals surface area contributed by atoms with E-state index in [0.717, 1.165) is 42.2 Å². The van der Waals surface area contributed by atoms with Gasteiger partial charge in [0.1, 0.15) is 0 Å². The van der Waals surface area contributed by atoms with Crippen LogP contribution in [-0.2, 0) is 13.6 Å². The van der Waals surface area contributed by atoms with Crippen molar-refractivity contribution in [3.05, 3.63) is 41.0 Å². The van der Waals surface area contributed by atoms with E-state index in [9.17, 15) is 5.11 Å². The molecule has 1 saturated heterocycles. The number of nitrogens with zero attached hydrogens (tertiary/aromatic N) is 3. The van der Waals surface area contributed by atoms with Crippen molar-refractivity contribution in [2.75, 3.05) is 13.2 Å². The van der Waals surface area contributed by atoms with E-state index in [-0.39, 0.29) is 12.6 Å². The summed E-state index contributed by atoms with van der Waals surface area (Å²) in [5, 5.41) is 14.8. The molecule has 5 heteroatoms. The Labute approximate surface area is 130 Å². The summed E-state index contributed by atoms with van der Waals surface area (Å²) < 4.78 is 1.84. The quantitative estimate of drug-likeness (QED) is 0.944. The lowest BCUT2D eigenvalue weighted by atomic mass is 10.1. The van der Waals surface area contributed by atoms with Crippen molar-refractivity contribution in [1.82, 2.24) is 14.7 Å². The van der Waals surface area contributed by atoms with E-state index in [2.05, 4.69) is 16.2 Å². The lowest BCUT2D eigenvalue weighted by molar-refractivity contribution is 0.154. The zero-order chi connectivity index (χ0) is 14.8. The van der Waals surface area contributed by atoms with Gasteiger partial charge in [0.05, 0.1) is 12.3 Å². The van der Waals surface area contributed by atoms with Gasteiger partial charge >= 0.3 is 0 Å². The molecule has 1 aromatic carbocycles. The van der Waals surface area contributed by atoms with E-state index >= 15 is 0 Å². The number of halogens is 1. The van der Waals surface area contributed by atoms with E-state index in [1.54, 1.807) is 0 Å². The third kappa shape index (κ3) is 3.12. The number of hydrogen-bond donors (Lipinski definition) is 1. The highest BCUT2D eigenvalue weighted by molar-refractivity contribution is 6.30. The van der Waals surface area contributed by atoms with E-state index in [4.69, 9.17) is 11.6 Å². The summed E-state index contributed by atoms with van der Waals surface area (Å²) in [5.41, 5.74) is 3.20. The van der Waals surface area contributed by atoms with Crippen LogP contribution in [0.25, 0.3) is 11.3 Å². The Hall–Kier alpha value is -1.36. The maximum absolute atomic E-state index is 9.46. The summed E-state index contributed by atoms with van der Waals surface area (Å²) >= 11 is 6.09. The first kappa shape index (κ1) is 14.6. The minimum atomic E-state index is 0.229. The molecule has 0 bridgehead atoms. The minimum Gasteiger partial charge on any atom is -0.395 e. The molecule has 1 aromatic heterocycles. The Morgan fingerprint density at radius 1 is 1.43 bits per heavy atom. The van der Waals surface area contributed by atoms with Crippen molar-refractivity contribution >= 4 is 11.6 Å². The Bertz CT molecular complexity index is 626. The number of aliphatic hydroxyl groups is 1. The molecule has 1 atom stereocenters. The van der Waals surface area contributed by atoms with Crippen molar-refractivity contribution in [2.45, 2.75) is 25.4 Å². The minimum absolute atomic E-state index is 0.229. The Morgan fingerprint density at radius 3 is 3.05 bits per heavy atom. The largest absolute Gasteiger partial charge is 0.395 e. The van der Waals surface area contributed by atoms with Crippen LogP contribution in [0.5, 0.6) is 0 Å². The highest BCUT2D eigenvalue weighted by Gasteiger charge is 2.25. The van der Waals surface area contributed by atoms with Gasteiger partial charge in [-0.05, 0) is 31.5 Å². The molecule has 21 heavy (non-hydrogen) atoms. The standard InChI is InChI=1S/C16H20ClN3O/c1-19-9-13(10-20-7-3-6-15(20)11-21)16(18-19)12-4-2-5-14(17)8-12/h2,4-5,8-9,15,21H,3,6-7,10-11H2,1H3/t15-/m0/s1. The number of rotatable bonds is 4. The van der Waals surface area contributed by atoms with Gasteiger partial charge in [0.25, 0.3) is 0 Å². The predicted octanol–water partition coefficient (Wildman–Crippen LogP) is 2.70. The second-order valence-electron chi connectivity index (χ2n) is 5.64. The molecule has 1 aliphatic heterocycles. The third-order valence-electron chi connectivity index (χ3n) is 4.09. The number of aromatic nitrogens is 2. The fourth-order valence-corrected chi connectivity index (χ4v) is 3.25. The van der Waals surface area contributed by atoms with Gasteiger partial charge in [-0.1, -0.05) is 23.7 Å². The number of aliphatic hydroxyl groups excluding tert-OH is 1. The molecule has 0 spiro atoms. The van der Waals surface area contributed by atoms with Crippen LogP contribution in [0.15, 0.2) is 30.5 Å². The second-order valence-corrected chi connectivity index (χ2v) is 6.07. The topological polar surface area (TPSA) is 41.3 Å². The van der Waals surface area contributed by atoms with Gasteiger partial charge in [0.2, 0.25) is 0 Å². The molecule has 4 nitrogen and oxygen atoms in total. The summed E-state index contributed by atoms with van der Waals surface area (Å²) in [4.78, 5) is 2.34. The van der Waals surface area contributed by atoms with E-state index in [1.165, 1.54) is 5.56 Å². The van der Waals surface area contributed by atoms with Crippen molar-refractivity contribution in [1.29, 1.82) is 0 Å². The SMILES string of the molecule is Cn1cc(CN2CCC[C@H]2CO)c(-c2cccc(Cl)c2)n1. The fraction of sp³-hybridized carbons (Fsp3) is 0.438. The van der Waals surface area contributed by atoms with Gasteiger partial charge in [-0.3, -0.25) is 9.58 Å². The molecule has 0 amide bonds. The van der Waals surface area contributed by atoms with Crippen LogP contribution >= 0.6 is 11.6 Å². The first-order chi connectivity index (χ1) is 10.2.